The molecule has 0 saturated carbocycles. The van der Waals surface area contributed by atoms with Crippen LogP contribution in [0.3, 0.4) is 0 Å². The van der Waals surface area contributed by atoms with Crippen LogP contribution >= 0.6 is 0 Å². The summed E-state index contributed by atoms with van der Waals surface area (Å²) in [4.78, 5) is 28.6. The number of carbonyl (C=O) groups excluding carboxylic acids is 1. The molecule has 1 aromatic carbocycles. The SMILES string of the molecule is Cc1cc(C)cc(N(C)C(=O)c2ccnc(C(=O)O)c2)c1. The second-order valence-electron chi connectivity index (χ2n) is 4.94. The number of carboxylic acids is 1. The van der Waals surface area contributed by atoms with Crippen LogP contribution in [0.2, 0.25) is 0 Å². The summed E-state index contributed by atoms with van der Waals surface area (Å²) in [5.74, 6) is -1.43. The van der Waals surface area contributed by atoms with Gasteiger partial charge < -0.3 is 10.0 Å². The molecule has 0 aliphatic carbocycles. The Hall–Kier alpha value is -2.69. The van der Waals surface area contributed by atoms with Gasteiger partial charge in [0.05, 0.1) is 0 Å². The molecule has 0 saturated heterocycles. The Morgan fingerprint density at radius 1 is 1.10 bits per heavy atom. The van der Waals surface area contributed by atoms with Crippen LogP contribution in [-0.4, -0.2) is 29.0 Å². The van der Waals surface area contributed by atoms with Gasteiger partial charge in [-0.2, -0.15) is 0 Å². The van der Waals surface area contributed by atoms with Gasteiger partial charge in [0.15, 0.2) is 0 Å². The summed E-state index contributed by atoms with van der Waals surface area (Å²) in [5, 5.41) is 8.93. The number of aromatic carboxylic acids is 1. The maximum absolute atomic E-state index is 12.4. The molecule has 0 bridgehead atoms. The molecule has 108 valence electrons. The van der Waals surface area contributed by atoms with E-state index in [1.807, 2.05) is 32.0 Å². The average molecular weight is 284 g/mol. The van der Waals surface area contributed by atoms with E-state index in [-0.39, 0.29) is 11.6 Å². The smallest absolute Gasteiger partial charge is 0.354 e. The molecule has 2 aromatic rings. The van der Waals surface area contributed by atoms with Gasteiger partial charge in [0.1, 0.15) is 5.69 Å². The summed E-state index contributed by atoms with van der Waals surface area (Å²) in [6.45, 7) is 3.92. The molecule has 0 atom stereocenters. The zero-order valence-corrected chi connectivity index (χ0v) is 12.1. The molecular formula is C16H16N2O3. The van der Waals surface area contributed by atoms with Gasteiger partial charge in [0.2, 0.25) is 0 Å². The van der Waals surface area contributed by atoms with Crippen LogP contribution < -0.4 is 4.90 Å². The number of benzene rings is 1. The summed E-state index contributed by atoms with van der Waals surface area (Å²) >= 11 is 0. The van der Waals surface area contributed by atoms with Crippen molar-refractivity contribution < 1.29 is 14.7 Å². The van der Waals surface area contributed by atoms with E-state index in [0.29, 0.717) is 5.56 Å². The fraction of sp³-hybridized carbons (Fsp3) is 0.188. The first kappa shape index (κ1) is 14.7. The number of carboxylic acid groups (broad SMARTS) is 1. The van der Waals surface area contributed by atoms with Gasteiger partial charge in [-0.1, -0.05) is 6.07 Å². The number of nitrogens with zero attached hydrogens (tertiary/aromatic N) is 2. The number of hydrogen-bond acceptors (Lipinski definition) is 3. The van der Waals surface area contributed by atoms with Crippen molar-refractivity contribution in [3.63, 3.8) is 0 Å². The number of rotatable bonds is 3. The number of aryl methyl sites for hydroxylation is 2. The highest BCUT2D eigenvalue weighted by Gasteiger charge is 2.16. The van der Waals surface area contributed by atoms with Crippen LogP contribution in [0.15, 0.2) is 36.5 Å². The Balaban J connectivity index is 2.34. The van der Waals surface area contributed by atoms with Crippen LogP contribution in [0.5, 0.6) is 0 Å². The highest BCUT2D eigenvalue weighted by Crippen LogP contribution is 2.19. The van der Waals surface area contributed by atoms with E-state index in [4.69, 9.17) is 5.11 Å². The number of pyridine rings is 1. The molecular weight excluding hydrogens is 268 g/mol. The lowest BCUT2D eigenvalue weighted by atomic mass is 10.1. The Morgan fingerprint density at radius 3 is 2.29 bits per heavy atom. The van der Waals surface area contributed by atoms with Crippen LogP contribution in [0.1, 0.15) is 32.0 Å². The van der Waals surface area contributed by atoms with Crippen molar-refractivity contribution in [3.05, 3.63) is 58.9 Å². The molecule has 1 aromatic heterocycles. The van der Waals surface area contributed by atoms with Gasteiger partial charge in [0, 0.05) is 24.5 Å². The molecule has 0 radical (unpaired) electrons. The first-order chi connectivity index (χ1) is 9.88. The molecule has 2 rings (SSSR count). The van der Waals surface area contributed by atoms with Crippen LogP contribution in [-0.2, 0) is 0 Å². The van der Waals surface area contributed by atoms with Crippen molar-refractivity contribution in [3.8, 4) is 0 Å². The quantitative estimate of drug-likeness (QED) is 0.940. The van der Waals surface area contributed by atoms with Crippen LogP contribution in [0, 0.1) is 13.8 Å². The van der Waals surface area contributed by atoms with E-state index < -0.39 is 5.97 Å². The van der Waals surface area contributed by atoms with Crippen molar-refractivity contribution in [1.29, 1.82) is 0 Å². The first-order valence-corrected chi connectivity index (χ1v) is 6.44. The fourth-order valence-electron chi connectivity index (χ4n) is 2.14. The van der Waals surface area contributed by atoms with Crippen molar-refractivity contribution in [1.82, 2.24) is 4.98 Å². The minimum atomic E-state index is -1.15. The van der Waals surface area contributed by atoms with Crippen molar-refractivity contribution in [2.75, 3.05) is 11.9 Å². The normalized spacial score (nSPS) is 10.2. The van der Waals surface area contributed by atoms with Crippen molar-refractivity contribution in [2.45, 2.75) is 13.8 Å². The molecule has 0 unspecified atom stereocenters. The summed E-state index contributed by atoms with van der Waals surface area (Å²) < 4.78 is 0. The molecule has 1 N–H and O–H groups in total. The van der Waals surface area contributed by atoms with E-state index in [9.17, 15) is 9.59 Å². The third kappa shape index (κ3) is 3.25. The Labute approximate surface area is 122 Å². The molecule has 1 heterocycles. The molecule has 0 aliphatic heterocycles. The number of amides is 1. The predicted octanol–water partition coefficient (Wildman–Crippen LogP) is 2.67. The Morgan fingerprint density at radius 2 is 1.71 bits per heavy atom. The van der Waals surface area contributed by atoms with E-state index >= 15 is 0 Å². The summed E-state index contributed by atoms with van der Waals surface area (Å²) in [7, 11) is 1.66. The van der Waals surface area contributed by atoms with E-state index in [2.05, 4.69) is 4.98 Å². The van der Waals surface area contributed by atoms with Crippen LogP contribution in [0.25, 0.3) is 0 Å². The maximum Gasteiger partial charge on any atom is 0.354 e. The Bertz CT molecular complexity index is 690. The van der Waals surface area contributed by atoms with Crippen molar-refractivity contribution in [2.24, 2.45) is 0 Å². The molecule has 5 nitrogen and oxygen atoms in total. The molecule has 21 heavy (non-hydrogen) atoms. The lowest BCUT2D eigenvalue weighted by Crippen LogP contribution is -2.26. The lowest BCUT2D eigenvalue weighted by molar-refractivity contribution is 0.0690. The number of hydrogen-bond donors (Lipinski definition) is 1. The zero-order chi connectivity index (χ0) is 15.6. The predicted molar refractivity (Wildman–Crippen MR) is 79.8 cm³/mol. The van der Waals surface area contributed by atoms with E-state index in [1.54, 1.807) is 7.05 Å². The van der Waals surface area contributed by atoms with Gasteiger partial charge in [-0.15, -0.1) is 0 Å². The van der Waals surface area contributed by atoms with E-state index in [0.717, 1.165) is 16.8 Å². The van der Waals surface area contributed by atoms with Crippen LogP contribution in [0.4, 0.5) is 5.69 Å². The number of carbonyl (C=O) groups is 2. The second-order valence-corrected chi connectivity index (χ2v) is 4.94. The third-order valence-corrected chi connectivity index (χ3v) is 3.12. The highest BCUT2D eigenvalue weighted by molar-refractivity contribution is 6.06. The molecule has 1 amide bonds. The molecule has 0 spiro atoms. The van der Waals surface area contributed by atoms with E-state index in [1.165, 1.54) is 23.2 Å². The summed E-state index contributed by atoms with van der Waals surface area (Å²) in [6.07, 6.45) is 1.33. The van der Waals surface area contributed by atoms with Gasteiger partial charge in [-0.25, -0.2) is 9.78 Å². The monoisotopic (exact) mass is 284 g/mol. The van der Waals surface area contributed by atoms with Gasteiger partial charge in [-0.05, 0) is 49.2 Å². The highest BCUT2D eigenvalue weighted by atomic mass is 16.4. The standard InChI is InChI=1S/C16H16N2O3/c1-10-6-11(2)8-13(7-10)18(3)15(19)12-4-5-17-14(9-12)16(20)21/h4-9H,1-3H3,(H,20,21). The second kappa shape index (κ2) is 5.75. The first-order valence-electron chi connectivity index (χ1n) is 6.44. The minimum Gasteiger partial charge on any atom is -0.477 e. The molecule has 0 aliphatic rings. The van der Waals surface area contributed by atoms with Crippen molar-refractivity contribution >= 4 is 17.6 Å². The van der Waals surface area contributed by atoms with Gasteiger partial charge in [-0.3, -0.25) is 4.79 Å². The fourth-order valence-corrected chi connectivity index (χ4v) is 2.14. The topological polar surface area (TPSA) is 70.5 Å². The zero-order valence-electron chi connectivity index (χ0n) is 12.1. The van der Waals surface area contributed by atoms with Gasteiger partial charge >= 0.3 is 5.97 Å². The molecule has 0 fully saturated rings. The summed E-state index contributed by atoms with van der Waals surface area (Å²) in [5.41, 5.74) is 3.04. The summed E-state index contributed by atoms with van der Waals surface area (Å²) in [6, 6.07) is 8.63. The maximum atomic E-state index is 12.4. The molecule has 5 heteroatoms. The Kier molecular flexibility index (Phi) is 4.03. The lowest BCUT2D eigenvalue weighted by Gasteiger charge is -2.18. The largest absolute Gasteiger partial charge is 0.477 e. The number of anilines is 1. The van der Waals surface area contributed by atoms with Gasteiger partial charge in [0.25, 0.3) is 5.91 Å². The number of aromatic nitrogens is 1. The minimum absolute atomic E-state index is 0.144. The average Bonchev–Trinajstić information content (AvgIpc) is 2.44. The third-order valence-electron chi connectivity index (χ3n) is 3.12.